The van der Waals surface area contributed by atoms with E-state index in [0.717, 1.165) is 12.1 Å². The number of benzene rings is 1. The van der Waals surface area contributed by atoms with Gasteiger partial charge < -0.3 is 11.1 Å². The van der Waals surface area contributed by atoms with Gasteiger partial charge in [0.15, 0.2) is 0 Å². The molecule has 0 aliphatic heterocycles. The molecule has 3 N–H and O–H groups in total. The van der Waals surface area contributed by atoms with E-state index in [-0.39, 0.29) is 11.6 Å². The third-order valence-electron chi connectivity index (χ3n) is 2.40. The Morgan fingerprint density at radius 3 is 2.44 bits per heavy atom. The van der Waals surface area contributed by atoms with Gasteiger partial charge in [0, 0.05) is 12.1 Å². The molecule has 0 fully saturated rings. The number of nitrogens with one attached hydrogen (secondary N) is 1. The lowest BCUT2D eigenvalue weighted by atomic mass is 10.1. The zero-order chi connectivity index (χ0) is 13.8. The van der Waals surface area contributed by atoms with Crippen molar-refractivity contribution in [2.24, 2.45) is 0 Å². The minimum atomic E-state index is -0.257. The maximum atomic E-state index is 12.3. The average Bonchev–Trinajstić information content (AvgIpc) is 2.24. The molecule has 1 rings (SSSR count). The molecule has 0 radical (unpaired) electrons. The first-order valence-electron chi connectivity index (χ1n) is 6.29. The minimum Gasteiger partial charge on any atom is -0.397 e. The Morgan fingerprint density at radius 1 is 1.33 bits per heavy atom. The normalized spacial score (nSPS) is 11.1. The van der Waals surface area contributed by atoms with E-state index in [0.29, 0.717) is 12.2 Å². The van der Waals surface area contributed by atoms with Crippen molar-refractivity contribution in [2.75, 3.05) is 17.2 Å². The molecule has 0 bridgehead atoms. The highest BCUT2D eigenvalue weighted by atomic mass is 16.2. The van der Waals surface area contributed by atoms with Gasteiger partial charge in [0.05, 0.1) is 11.4 Å². The number of nitrogen functional groups attached to an aromatic ring is 1. The SMILES string of the molecule is CCCN(C(=O)NC(C)(C)C)c1ccccc1N. The molecule has 1 aromatic rings. The topological polar surface area (TPSA) is 58.4 Å². The number of rotatable bonds is 3. The van der Waals surface area contributed by atoms with E-state index in [1.54, 1.807) is 4.90 Å². The van der Waals surface area contributed by atoms with Gasteiger partial charge >= 0.3 is 6.03 Å². The maximum absolute atomic E-state index is 12.3. The summed E-state index contributed by atoms with van der Waals surface area (Å²) in [5.41, 5.74) is 7.06. The number of amides is 2. The largest absolute Gasteiger partial charge is 0.397 e. The second kappa shape index (κ2) is 5.76. The molecular formula is C14H23N3O. The van der Waals surface area contributed by atoms with Gasteiger partial charge in [-0.25, -0.2) is 4.79 Å². The Balaban J connectivity index is 2.96. The van der Waals surface area contributed by atoms with Crippen LogP contribution in [0.2, 0.25) is 0 Å². The quantitative estimate of drug-likeness (QED) is 0.809. The van der Waals surface area contributed by atoms with Crippen molar-refractivity contribution in [3.05, 3.63) is 24.3 Å². The van der Waals surface area contributed by atoms with E-state index in [1.165, 1.54) is 0 Å². The van der Waals surface area contributed by atoms with Crippen molar-refractivity contribution in [2.45, 2.75) is 39.7 Å². The standard InChI is InChI=1S/C14H23N3O/c1-5-10-17(13(18)16-14(2,3)4)12-9-7-6-8-11(12)15/h6-9H,5,10,15H2,1-4H3,(H,16,18). The number of hydrogen-bond acceptors (Lipinski definition) is 2. The molecule has 0 saturated carbocycles. The van der Waals surface area contributed by atoms with Crippen LogP contribution in [0, 0.1) is 0 Å². The van der Waals surface area contributed by atoms with Crippen molar-refractivity contribution in [1.82, 2.24) is 5.32 Å². The van der Waals surface area contributed by atoms with E-state index < -0.39 is 0 Å². The Hall–Kier alpha value is -1.71. The number of hydrogen-bond donors (Lipinski definition) is 2. The second-order valence-electron chi connectivity index (χ2n) is 5.39. The van der Waals surface area contributed by atoms with Crippen molar-refractivity contribution >= 4 is 17.4 Å². The molecule has 0 atom stereocenters. The van der Waals surface area contributed by atoms with E-state index in [4.69, 9.17) is 5.73 Å². The summed E-state index contributed by atoms with van der Waals surface area (Å²) in [5.74, 6) is 0. The Labute approximate surface area is 109 Å². The van der Waals surface area contributed by atoms with Crippen molar-refractivity contribution in [3.8, 4) is 0 Å². The highest BCUT2D eigenvalue weighted by Gasteiger charge is 2.21. The predicted octanol–water partition coefficient (Wildman–Crippen LogP) is 2.99. The molecule has 0 heterocycles. The Morgan fingerprint density at radius 2 is 1.94 bits per heavy atom. The lowest BCUT2D eigenvalue weighted by Crippen LogP contribution is -2.49. The minimum absolute atomic E-state index is 0.109. The molecule has 0 spiro atoms. The van der Waals surface area contributed by atoms with Gasteiger partial charge in [0.1, 0.15) is 0 Å². The van der Waals surface area contributed by atoms with Crippen molar-refractivity contribution in [3.63, 3.8) is 0 Å². The first-order chi connectivity index (χ1) is 8.35. The summed E-state index contributed by atoms with van der Waals surface area (Å²) in [7, 11) is 0. The van der Waals surface area contributed by atoms with Crippen molar-refractivity contribution < 1.29 is 4.79 Å². The van der Waals surface area contributed by atoms with Gasteiger partial charge in [-0.3, -0.25) is 4.90 Å². The van der Waals surface area contributed by atoms with Gasteiger partial charge in [-0.1, -0.05) is 19.1 Å². The molecule has 4 heteroatoms. The lowest BCUT2D eigenvalue weighted by molar-refractivity contribution is 0.237. The highest BCUT2D eigenvalue weighted by Crippen LogP contribution is 2.23. The molecule has 100 valence electrons. The number of para-hydroxylation sites is 2. The molecule has 4 nitrogen and oxygen atoms in total. The number of carbonyl (C=O) groups excluding carboxylic acids is 1. The summed E-state index contributed by atoms with van der Waals surface area (Å²) < 4.78 is 0. The van der Waals surface area contributed by atoms with Crippen LogP contribution in [0.4, 0.5) is 16.2 Å². The number of anilines is 2. The van der Waals surface area contributed by atoms with Gasteiger partial charge in [0.25, 0.3) is 0 Å². The third-order valence-corrected chi connectivity index (χ3v) is 2.40. The van der Waals surface area contributed by atoms with Crippen LogP contribution in [0.25, 0.3) is 0 Å². The molecule has 18 heavy (non-hydrogen) atoms. The lowest BCUT2D eigenvalue weighted by Gasteiger charge is -2.29. The Bertz CT molecular complexity index is 410. The summed E-state index contributed by atoms with van der Waals surface area (Å²) in [6, 6.07) is 7.32. The maximum Gasteiger partial charge on any atom is 0.322 e. The molecule has 0 aliphatic carbocycles. The highest BCUT2D eigenvalue weighted by molar-refractivity contribution is 5.95. The molecule has 1 aromatic carbocycles. The first-order valence-corrected chi connectivity index (χ1v) is 6.29. The molecule has 0 unspecified atom stereocenters. The van der Waals surface area contributed by atoms with E-state index in [1.807, 2.05) is 52.0 Å². The van der Waals surface area contributed by atoms with Crippen LogP contribution in [0.5, 0.6) is 0 Å². The Kier molecular flexibility index (Phi) is 4.59. The summed E-state index contributed by atoms with van der Waals surface area (Å²) in [4.78, 5) is 14.0. The number of urea groups is 1. The fourth-order valence-corrected chi connectivity index (χ4v) is 1.68. The van der Waals surface area contributed by atoms with Crippen LogP contribution < -0.4 is 16.0 Å². The summed E-state index contributed by atoms with van der Waals surface area (Å²) in [6.07, 6.45) is 0.881. The summed E-state index contributed by atoms with van der Waals surface area (Å²) >= 11 is 0. The predicted molar refractivity (Wildman–Crippen MR) is 76.8 cm³/mol. The average molecular weight is 249 g/mol. The number of nitrogens with two attached hydrogens (primary N) is 1. The van der Waals surface area contributed by atoms with Gasteiger partial charge in [0.2, 0.25) is 0 Å². The van der Waals surface area contributed by atoms with Crippen LogP contribution >= 0.6 is 0 Å². The van der Waals surface area contributed by atoms with E-state index >= 15 is 0 Å². The number of carbonyl (C=O) groups is 1. The molecule has 0 aromatic heterocycles. The van der Waals surface area contributed by atoms with E-state index in [9.17, 15) is 4.79 Å². The van der Waals surface area contributed by atoms with Crippen molar-refractivity contribution in [1.29, 1.82) is 0 Å². The zero-order valence-corrected chi connectivity index (χ0v) is 11.7. The molecular weight excluding hydrogens is 226 g/mol. The van der Waals surface area contributed by atoms with Gasteiger partial charge in [-0.2, -0.15) is 0 Å². The van der Waals surface area contributed by atoms with Crippen LogP contribution in [-0.4, -0.2) is 18.1 Å². The fourth-order valence-electron chi connectivity index (χ4n) is 1.68. The van der Waals surface area contributed by atoms with E-state index in [2.05, 4.69) is 5.32 Å². The molecule has 0 aliphatic rings. The molecule has 0 saturated heterocycles. The summed E-state index contributed by atoms with van der Waals surface area (Å²) in [5, 5.41) is 2.96. The number of nitrogens with zero attached hydrogens (tertiary/aromatic N) is 1. The molecule has 2 amide bonds. The third kappa shape index (κ3) is 3.95. The fraction of sp³-hybridized carbons (Fsp3) is 0.500. The zero-order valence-electron chi connectivity index (χ0n) is 11.7. The van der Waals surface area contributed by atoms with Crippen LogP contribution in [0.1, 0.15) is 34.1 Å². The van der Waals surface area contributed by atoms with Gasteiger partial charge in [-0.05, 0) is 39.3 Å². The summed E-state index contributed by atoms with van der Waals surface area (Å²) in [6.45, 7) is 8.57. The smallest absolute Gasteiger partial charge is 0.322 e. The monoisotopic (exact) mass is 249 g/mol. The first kappa shape index (κ1) is 14.4. The van der Waals surface area contributed by atoms with Crippen LogP contribution in [0.15, 0.2) is 24.3 Å². The van der Waals surface area contributed by atoms with Crippen LogP contribution in [-0.2, 0) is 0 Å². The second-order valence-corrected chi connectivity index (χ2v) is 5.39. The van der Waals surface area contributed by atoms with Gasteiger partial charge in [-0.15, -0.1) is 0 Å². The van der Waals surface area contributed by atoms with Crippen LogP contribution in [0.3, 0.4) is 0 Å².